The molecule has 0 spiro atoms. The lowest BCUT2D eigenvalue weighted by Gasteiger charge is -2.08. The highest BCUT2D eigenvalue weighted by Crippen LogP contribution is 2.11. The van der Waals surface area contributed by atoms with Crippen molar-refractivity contribution in [2.24, 2.45) is 5.73 Å². The summed E-state index contributed by atoms with van der Waals surface area (Å²) in [4.78, 5) is 20.5. The first-order valence-corrected chi connectivity index (χ1v) is 11.2. The van der Waals surface area contributed by atoms with E-state index in [-0.39, 0.29) is 5.91 Å². The van der Waals surface area contributed by atoms with Crippen molar-refractivity contribution in [1.82, 2.24) is 9.97 Å². The number of hydrogen-bond acceptors (Lipinski definition) is 4. The van der Waals surface area contributed by atoms with Crippen LogP contribution >= 0.6 is 0 Å². The second kappa shape index (κ2) is 18.0. The molecule has 1 heterocycles. The lowest BCUT2D eigenvalue weighted by Crippen LogP contribution is -2.16. The van der Waals surface area contributed by atoms with Crippen molar-refractivity contribution in [3.8, 4) is 0 Å². The van der Waals surface area contributed by atoms with Crippen molar-refractivity contribution < 1.29 is 4.79 Å². The number of nitrogens with zero attached hydrogens (tertiary/aromatic N) is 2. The Morgan fingerprint density at radius 1 is 0.935 bits per heavy atom. The van der Waals surface area contributed by atoms with E-state index < -0.39 is 0 Å². The summed E-state index contributed by atoms with van der Waals surface area (Å²) in [6.07, 6.45) is 30.6. The first-order valence-electron chi connectivity index (χ1n) is 11.2. The van der Waals surface area contributed by atoms with Gasteiger partial charge in [0.25, 0.3) is 0 Å². The van der Waals surface area contributed by atoms with E-state index in [9.17, 15) is 4.79 Å². The van der Waals surface area contributed by atoms with Crippen LogP contribution in [0.1, 0.15) is 69.7 Å². The maximum atomic E-state index is 12.1. The Labute approximate surface area is 188 Å². The fourth-order valence-corrected chi connectivity index (χ4v) is 2.70. The monoisotopic (exact) mass is 422 g/mol. The number of anilines is 1. The van der Waals surface area contributed by atoms with Crippen LogP contribution in [-0.4, -0.2) is 15.9 Å². The van der Waals surface area contributed by atoms with Gasteiger partial charge < -0.3 is 11.1 Å². The smallest absolute Gasteiger partial charge is 0.225 e. The van der Waals surface area contributed by atoms with E-state index in [4.69, 9.17) is 5.73 Å². The molecule has 3 N–H and O–H groups in total. The first-order chi connectivity index (χ1) is 15.2. The second-order valence-electron chi connectivity index (χ2n) is 7.14. The zero-order valence-corrected chi connectivity index (χ0v) is 19.1. The largest absolute Gasteiger partial charge is 0.326 e. The molecule has 0 aliphatic heterocycles. The van der Waals surface area contributed by atoms with Crippen LogP contribution in [0.25, 0.3) is 0 Å². The number of carbonyl (C=O) groups is 1. The summed E-state index contributed by atoms with van der Waals surface area (Å²) in [5.41, 5.74) is 6.41. The lowest BCUT2D eigenvalue weighted by atomic mass is 10.2. The fourth-order valence-electron chi connectivity index (χ4n) is 2.70. The van der Waals surface area contributed by atoms with Crippen molar-refractivity contribution in [3.05, 3.63) is 78.3 Å². The molecule has 1 aromatic heterocycles. The number of aryl methyl sites for hydroxylation is 1. The maximum absolute atomic E-state index is 12.1. The Morgan fingerprint density at radius 2 is 1.48 bits per heavy atom. The third-order valence-electron chi connectivity index (χ3n) is 4.40. The van der Waals surface area contributed by atoms with Gasteiger partial charge >= 0.3 is 0 Å². The number of rotatable bonds is 15. The number of hydrogen-bond donors (Lipinski definition) is 2. The molecular formula is C26H38N4O. The van der Waals surface area contributed by atoms with Gasteiger partial charge in [0.15, 0.2) is 0 Å². The summed E-state index contributed by atoms with van der Waals surface area (Å²) in [7, 11) is 0. The second-order valence-corrected chi connectivity index (χ2v) is 7.14. The molecule has 1 rings (SSSR count). The maximum Gasteiger partial charge on any atom is 0.225 e. The minimum atomic E-state index is -0.0415. The van der Waals surface area contributed by atoms with Crippen LogP contribution in [0.2, 0.25) is 0 Å². The van der Waals surface area contributed by atoms with E-state index in [2.05, 4.69) is 83.0 Å². The Hall–Kier alpha value is -2.79. The predicted octanol–water partition coefficient (Wildman–Crippen LogP) is 6.10. The van der Waals surface area contributed by atoms with E-state index >= 15 is 0 Å². The predicted molar refractivity (Wildman–Crippen MR) is 132 cm³/mol. The third-order valence-corrected chi connectivity index (χ3v) is 4.40. The molecule has 5 heteroatoms. The number of nitrogens with two attached hydrogens (primary N) is 1. The molecule has 0 aliphatic rings. The summed E-state index contributed by atoms with van der Waals surface area (Å²) >= 11 is 0. The highest BCUT2D eigenvalue weighted by atomic mass is 16.1. The molecule has 0 radical (unpaired) electrons. The molecule has 0 fully saturated rings. The summed E-state index contributed by atoms with van der Waals surface area (Å²) < 4.78 is 0. The molecule has 0 atom stereocenters. The summed E-state index contributed by atoms with van der Waals surface area (Å²) in [6.45, 7) is 4.24. The molecule has 0 unspecified atom stereocenters. The van der Waals surface area contributed by atoms with E-state index in [0.717, 1.165) is 50.5 Å². The number of amides is 1. The molecule has 0 bridgehead atoms. The normalized spacial score (nSPS) is 12.4. The van der Waals surface area contributed by atoms with Crippen LogP contribution in [0, 0.1) is 6.92 Å². The van der Waals surface area contributed by atoms with E-state index in [1.54, 1.807) is 13.1 Å². The Kier molecular flexibility index (Phi) is 15.3. The molecule has 0 saturated heterocycles. The first kappa shape index (κ1) is 26.2. The zero-order valence-electron chi connectivity index (χ0n) is 19.1. The lowest BCUT2D eigenvalue weighted by molar-refractivity contribution is -0.116. The average Bonchev–Trinajstić information content (AvgIpc) is 2.76. The van der Waals surface area contributed by atoms with Gasteiger partial charge in [-0.25, -0.2) is 9.97 Å². The van der Waals surface area contributed by atoms with Crippen molar-refractivity contribution in [2.45, 2.75) is 71.8 Å². The van der Waals surface area contributed by atoms with Gasteiger partial charge in [0, 0.05) is 24.7 Å². The number of carbonyl (C=O) groups excluding carboxylic acids is 1. The van der Waals surface area contributed by atoms with Gasteiger partial charge in [-0.05, 0) is 51.9 Å². The number of aromatic nitrogens is 2. The molecule has 168 valence electrons. The van der Waals surface area contributed by atoms with Gasteiger partial charge in [0.1, 0.15) is 11.6 Å². The SMILES string of the molecule is CC/C=C\C/C=C\C/C=C\C/C=C\C/C=C\CCCC(=O)Nc1nc(C)ncc1CN. The zero-order chi connectivity index (χ0) is 22.6. The third kappa shape index (κ3) is 13.9. The minimum absolute atomic E-state index is 0.0415. The van der Waals surface area contributed by atoms with E-state index in [0.29, 0.717) is 24.6 Å². The van der Waals surface area contributed by atoms with Crippen LogP contribution in [0.4, 0.5) is 5.82 Å². The molecule has 1 amide bonds. The summed E-state index contributed by atoms with van der Waals surface area (Å²) in [5, 5.41) is 2.84. The Morgan fingerprint density at radius 3 is 2.03 bits per heavy atom. The van der Waals surface area contributed by atoms with Crippen LogP contribution in [-0.2, 0) is 11.3 Å². The van der Waals surface area contributed by atoms with Crippen molar-refractivity contribution in [1.29, 1.82) is 0 Å². The standard InChI is InChI=1S/C26H38N4O/c1-3-4-5-6-7-8-9-10-11-12-13-14-15-16-17-18-19-20-25(31)30-26-24(21-27)22-28-23(2)29-26/h4-5,7-8,10-11,13-14,16-17,22H,3,6,9,12,15,18-21,27H2,1-2H3,(H,28,29,30,31)/b5-4-,8-7-,11-10-,14-13-,17-16-. The number of nitrogens with one attached hydrogen (secondary N) is 1. The van der Waals surface area contributed by atoms with E-state index in [1.807, 2.05) is 0 Å². The highest BCUT2D eigenvalue weighted by Gasteiger charge is 2.08. The topological polar surface area (TPSA) is 80.9 Å². The molecule has 0 aliphatic carbocycles. The van der Waals surface area contributed by atoms with Crippen molar-refractivity contribution in [3.63, 3.8) is 0 Å². The Balaban J connectivity index is 2.09. The van der Waals surface area contributed by atoms with Gasteiger partial charge in [0.05, 0.1) is 0 Å². The van der Waals surface area contributed by atoms with Gasteiger partial charge in [-0.1, -0.05) is 67.7 Å². The van der Waals surface area contributed by atoms with Gasteiger partial charge in [-0.2, -0.15) is 0 Å². The fraction of sp³-hybridized carbons (Fsp3) is 0.423. The van der Waals surface area contributed by atoms with Crippen LogP contribution < -0.4 is 11.1 Å². The number of allylic oxidation sites excluding steroid dienone is 10. The summed E-state index contributed by atoms with van der Waals surface area (Å²) in [6, 6.07) is 0. The summed E-state index contributed by atoms with van der Waals surface area (Å²) in [5.74, 6) is 1.10. The molecular weight excluding hydrogens is 384 g/mol. The molecule has 0 aromatic carbocycles. The van der Waals surface area contributed by atoms with Crippen LogP contribution in [0.15, 0.2) is 67.0 Å². The Bertz CT molecular complexity index is 776. The van der Waals surface area contributed by atoms with Crippen molar-refractivity contribution >= 4 is 11.7 Å². The van der Waals surface area contributed by atoms with Crippen LogP contribution in [0.3, 0.4) is 0 Å². The molecule has 5 nitrogen and oxygen atoms in total. The van der Waals surface area contributed by atoms with Crippen molar-refractivity contribution in [2.75, 3.05) is 5.32 Å². The highest BCUT2D eigenvalue weighted by molar-refractivity contribution is 5.90. The van der Waals surface area contributed by atoms with Gasteiger partial charge in [-0.15, -0.1) is 0 Å². The molecule has 0 saturated carbocycles. The van der Waals surface area contributed by atoms with Crippen LogP contribution in [0.5, 0.6) is 0 Å². The molecule has 1 aromatic rings. The quantitative estimate of drug-likeness (QED) is 0.264. The minimum Gasteiger partial charge on any atom is -0.326 e. The van der Waals surface area contributed by atoms with Gasteiger partial charge in [-0.3, -0.25) is 4.79 Å². The van der Waals surface area contributed by atoms with Gasteiger partial charge in [0.2, 0.25) is 5.91 Å². The molecule has 31 heavy (non-hydrogen) atoms. The average molecular weight is 423 g/mol. The number of unbranched alkanes of at least 4 members (excludes halogenated alkanes) is 1. The van der Waals surface area contributed by atoms with E-state index in [1.165, 1.54) is 0 Å².